The number of hydrogen-bond donors (Lipinski definition) is 0. The smallest absolute Gasteiger partial charge is 0.170 e. The quantitative estimate of drug-likeness (QED) is 0.653. The molecule has 0 nitrogen and oxygen atoms in total. The van der Waals surface area contributed by atoms with Crippen molar-refractivity contribution in [2.24, 2.45) is 0 Å². The number of halogens is 3. The first-order valence-electron chi connectivity index (χ1n) is 4.26. The third-order valence-electron chi connectivity index (χ3n) is 2.03. The number of alkyl halides is 3. The summed E-state index contributed by atoms with van der Waals surface area (Å²) in [7, 11) is 0. The zero-order valence-corrected chi connectivity index (χ0v) is 7.68. The van der Waals surface area contributed by atoms with E-state index < -0.39 is 11.9 Å². The Morgan fingerprint density at radius 1 is 1.08 bits per heavy atom. The molecule has 0 aliphatic heterocycles. The Morgan fingerprint density at radius 3 is 2.17 bits per heavy atom. The lowest BCUT2D eigenvalue weighted by molar-refractivity contribution is -0.105. The predicted molar refractivity (Wildman–Crippen MR) is 45.4 cm³/mol. The van der Waals surface area contributed by atoms with Gasteiger partial charge in [-0.25, -0.2) is 0 Å². The summed E-state index contributed by atoms with van der Waals surface area (Å²) in [5, 5.41) is 0.264. The minimum absolute atomic E-state index is 0.264. The van der Waals surface area contributed by atoms with Crippen LogP contribution in [0.3, 0.4) is 0 Å². The molecule has 1 saturated carbocycles. The van der Waals surface area contributed by atoms with E-state index in [1.807, 2.05) is 0 Å². The number of thioether (sulfide) groups is 1. The molecule has 0 spiro atoms. The summed E-state index contributed by atoms with van der Waals surface area (Å²) < 4.78 is 35.4. The molecule has 0 bridgehead atoms. The van der Waals surface area contributed by atoms with Crippen LogP contribution in [0.2, 0.25) is 0 Å². The van der Waals surface area contributed by atoms with E-state index in [0.717, 1.165) is 37.4 Å². The topological polar surface area (TPSA) is 0 Å². The summed E-state index contributed by atoms with van der Waals surface area (Å²) >= 11 is 1.08. The summed E-state index contributed by atoms with van der Waals surface area (Å²) in [5.41, 5.74) is 0. The van der Waals surface area contributed by atoms with Gasteiger partial charge in [0.25, 0.3) is 0 Å². The molecule has 0 aromatic rings. The lowest BCUT2D eigenvalue weighted by Crippen LogP contribution is -2.16. The van der Waals surface area contributed by atoms with E-state index in [2.05, 4.69) is 0 Å². The van der Waals surface area contributed by atoms with Crippen molar-refractivity contribution >= 4 is 11.8 Å². The predicted octanol–water partition coefficient (Wildman–Crippen LogP) is 3.61. The van der Waals surface area contributed by atoms with Crippen LogP contribution < -0.4 is 0 Å². The van der Waals surface area contributed by atoms with Gasteiger partial charge in [-0.3, -0.25) is 0 Å². The van der Waals surface area contributed by atoms with Crippen molar-refractivity contribution in [3.8, 4) is 0 Å². The molecular formula is C8H13F3S. The van der Waals surface area contributed by atoms with E-state index in [-0.39, 0.29) is 5.25 Å². The van der Waals surface area contributed by atoms with Crippen molar-refractivity contribution in [2.45, 2.75) is 43.5 Å². The zero-order chi connectivity index (χ0) is 9.03. The van der Waals surface area contributed by atoms with E-state index >= 15 is 0 Å². The molecule has 72 valence electrons. The highest BCUT2D eigenvalue weighted by atomic mass is 32.2. The molecule has 0 unspecified atom stereocenters. The van der Waals surface area contributed by atoms with Gasteiger partial charge in [0.2, 0.25) is 0 Å². The fourth-order valence-electron chi connectivity index (χ4n) is 1.44. The Labute approximate surface area is 74.9 Å². The van der Waals surface area contributed by atoms with Crippen LogP contribution in [0.4, 0.5) is 13.2 Å². The van der Waals surface area contributed by atoms with Crippen LogP contribution in [0.5, 0.6) is 0 Å². The monoisotopic (exact) mass is 198 g/mol. The van der Waals surface area contributed by atoms with E-state index in [4.69, 9.17) is 0 Å². The Kier molecular flexibility index (Phi) is 3.75. The second-order valence-corrected chi connectivity index (χ2v) is 4.47. The van der Waals surface area contributed by atoms with Gasteiger partial charge in [0.1, 0.15) is 0 Å². The van der Waals surface area contributed by atoms with Crippen LogP contribution in [0.25, 0.3) is 0 Å². The molecule has 0 aromatic carbocycles. The van der Waals surface area contributed by atoms with Crippen molar-refractivity contribution in [3.05, 3.63) is 0 Å². The van der Waals surface area contributed by atoms with Crippen LogP contribution in [-0.2, 0) is 0 Å². The number of hydrogen-bond acceptors (Lipinski definition) is 1. The molecule has 1 rings (SSSR count). The van der Waals surface area contributed by atoms with Gasteiger partial charge in [0, 0.05) is 5.25 Å². The average Bonchev–Trinajstić information content (AvgIpc) is 2.02. The normalized spacial score (nSPS) is 21.2. The second kappa shape index (κ2) is 4.40. The van der Waals surface area contributed by atoms with Crippen molar-refractivity contribution in [1.29, 1.82) is 0 Å². The molecule has 0 radical (unpaired) electrons. The van der Waals surface area contributed by atoms with Crippen LogP contribution in [0, 0.1) is 0 Å². The van der Waals surface area contributed by atoms with E-state index in [1.54, 1.807) is 0 Å². The van der Waals surface area contributed by atoms with E-state index in [9.17, 15) is 13.2 Å². The Balaban J connectivity index is 2.13. The highest BCUT2D eigenvalue weighted by molar-refractivity contribution is 7.99. The van der Waals surface area contributed by atoms with Crippen LogP contribution in [0.15, 0.2) is 0 Å². The summed E-state index contributed by atoms with van der Waals surface area (Å²) in [6.45, 7) is 0. The molecule has 0 N–H and O–H groups in total. The summed E-state index contributed by atoms with van der Waals surface area (Å²) in [5.74, 6) is -0.669. The summed E-state index contributed by atoms with van der Waals surface area (Å²) in [6, 6.07) is 0. The average molecular weight is 198 g/mol. The minimum Gasteiger partial charge on any atom is -0.170 e. The molecule has 12 heavy (non-hydrogen) atoms. The fraction of sp³-hybridized carbons (Fsp3) is 1.00. The zero-order valence-electron chi connectivity index (χ0n) is 6.86. The van der Waals surface area contributed by atoms with Gasteiger partial charge in [-0.1, -0.05) is 19.3 Å². The van der Waals surface area contributed by atoms with E-state index in [0.29, 0.717) is 0 Å². The second-order valence-electron chi connectivity index (χ2n) is 3.19. The molecule has 1 aliphatic rings. The van der Waals surface area contributed by atoms with Gasteiger partial charge >= 0.3 is 6.18 Å². The maximum atomic E-state index is 11.8. The molecule has 4 heteroatoms. The highest BCUT2D eigenvalue weighted by Gasteiger charge is 2.29. The molecule has 0 saturated heterocycles. The molecule has 0 amide bonds. The SMILES string of the molecule is FC(F)(F)CSC1CCCCC1. The fourth-order valence-corrected chi connectivity index (χ4v) is 2.54. The van der Waals surface area contributed by atoms with Gasteiger partial charge in [-0.2, -0.15) is 13.2 Å². The molecule has 0 heterocycles. The molecule has 0 aromatic heterocycles. The van der Waals surface area contributed by atoms with E-state index in [1.165, 1.54) is 6.42 Å². The van der Waals surface area contributed by atoms with Crippen molar-refractivity contribution in [3.63, 3.8) is 0 Å². The van der Waals surface area contributed by atoms with Crippen LogP contribution in [0.1, 0.15) is 32.1 Å². The first-order chi connectivity index (χ1) is 5.58. The standard InChI is InChI=1S/C8H13F3S/c9-8(10,11)6-12-7-4-2-1-3-5-7/h7H,1-6H2. The third kappa shape index (κ3) is 4.24. The van der Waals surface area contributed by atoms with Crippen molar-refractivity contribution in [2.75, 3.05) is 5.75 Å². The van der Waals surface area contributed by atoms with Gasteiger partial charge < -0.3 is 0 Å². The molecular weight excluding hydrogens is 185 g/mol. The van der Waals surface area contributed by atoms with Gasteiger partial charge in [0.15, 0.2) is 0 Å². The Morgan fingerprint density at radius 2 is 1.67 bits per heavy atom. The van der Waals surface area contributed by atoms with Crippen molar-refractivity contribution in [1.82, 2.24) is 0 Å². The first kappa shape index (κ1) is 10.2. The minimum atomic E-state index is -3.98. The summed E-state index contributed by atoms with van der Waals surface area (Å²) in [4.78, 5) is 0. The van der Waals surface area contributed by atoms with Crippen LogP contribution >= 0.6 is 11.8 Å². The largest absolute Gasteiger partial charge is 0.397 e. The maximum Gasteiger partial charge on any atom is 0.397 e. The summed E-state index contributed by atoms with van der Waals surface area (Å²) in [6.07, 6.45) is 1.37. The van der Waals surface area contributed by atoms with Gasteiger partial charge in [0.05, 0.1) is 5.75 Å². The maximum absolute atomic E-state index is 11.8. The Hall–Kier alpha value is 0.140. The highest BCUT2D eigenvalue weighted by Crippen LogP contribution is 2.32. The van der Waals surface area contributed by atoms with Gasteiger partial charge in [-0.15, -0.1) is 11.8 Å². The van der Waals surface area contributed by atoms with Gasteiger partial charge in [-0.05, 0) is 12.8 Å². The molecule has 1 fully saturated rings. The molecule has 1 aliphatic carbocycles. The molecule has 0 atom stereocenters. The lowest BCUT2D eigenvalue weighted by atomic mass is 10.0. The Bertz CT molecular complexity index is 127. The van der Waals surface area contributed by atoms with Crippen LogP contribution in [-0.4, -0.2) is 17.2 Å². The lowest BCUT2D eigenvalue weighted by Gasteiger charge is -2.21. The van der Waals surface area contributed by atoms with Crippen molar-refractivity contribution < 1.29 is 13.2 Å². The third-order valence-corrected chi connectivity index (χ3v) is 3.47. The number of rotatable bonds is 2. The first-order valence-corrected chi connectivity index (χ1v) is 5.31.